The van der Waals surface area contributed by atoms with E-state index < -0.39 is 6.09 Å². The van der Waals surface area contributed by atoms with Crippen LogP contribution in [0.4, 0.5) is 26.2 Å². The summed E-state index contributed by atoms with van der Waals surface area (Å²) in [7, 11) is 0. The maximum Gasteiger partial charge on any atom is 0.414 e. The van der Waals surface area contributed by atoms with E-state index in [2.05, 4.69) is 10.4 Å². The number of benzene rings is 2. The fraction of sp³-hybridized carbons (Fsp3) is 0.381. The molecule has 0 spiro atoms. The summed E-state index contributed by atoms with van der Waals surface area (Å²) in [5, 5.41) is 2.13. The Labute approximate surface area is 175 Å². The molecule has 5 N–H and O–H groups in total. The molecule has 2 aromatic rings. The van der Waals surface area contributed by atoms with Crippen LogP contribution in [0.5, 0.6) is 0 Å². The highest BCUT2D eigenvalue weighted by molar-refractivity contribution is 5.90. The molecule has 0 bridgehead atoms. The summed E-state index contributed by atoms with van der Waals surface area (Å²) in [6, 6.07) is 12.7. The summed E-state index contributed by atoms with van der Waals surface area (Å²) >= 11 is 0. The van der Waals surface area contributed by atoms with Gasteiger partial charge in [0.25, 0.3) is 0 Å². The molecule has 0 radical (unpaired) electrons. The standard InChI is InChI=1S/C21H27FN6O2/c22-19-11-17(28-14-18(12-23)30-21(28)29)5-6-20(19)26-8-7-25-27(10-9-26)13-15-1-3-16(24)4-2-15/h1-6,11,18,25H,7-10,12-14,23-24H2/t18-/m0/s1. The van der Waals surface area contributed by atoms with Crippen molar-refractivity contribution >= 4 is 23.2 Å². The first-order valence-electron chi connectivity index (χ1n) is 10.1. The van der Waals surface area contributed by atoms with E-state index in [1.165, 1.54) is 11.0 Å². The summed E-state index contributed by atoms with van der Waals surface area (Å²) < 4.78 is 20.1. The monoisotopic (exact) mass is 414 g/mol. The van der Waals surface area contributed by atoms with Gasteiger partial charge in [-0.1, -0.05) is 12.1 Å². The highest BCUT2D eigenvalue weighted by Gasteiger charge is 2.32. The molecule has 2 saturated heterocycles. The van der Waals surface area contributed by atoms with Gasteiger partial charge >= 0.3 is 6.09 Å². The third-order valence-electron chi connectivity index (χ3n) is 5.43. The Hall–Kier alpha value is -2.88. The number of cyclic esters (lactones) is 1. The molecule has 0 saturated carbocycles. The van der Waals surface area contributed by atoms with Gasteiger partial charge in [-0.25, -0.2) is 14.2 Å². The van der Waals surface area contributed by atoms with Gasteiger partial charge in [-0.05, 0) is 35.9 Å². The molecule has 2 aliphatic heterocycles. The lowest BCUT2D eigenvalue weighted by molar-refractivity contribution is 0.145. The number of nitrogen functional groups attached to an aromatic ring is 1. The number of nitrogens with zero attached hydrogens (tertiary/aromatic N) is 3. The summed E-state index contributed by atoms with van der Waals surface area (Å²) in [5.41, 5.74) is 17.6. The molecule has 0 aliphatic carbocycles. The minimum atomic E-state index is -0.491. The summed E-state index contributed by atoms with van der Waals surface area (Å²) in [6.07, 6.45) is -0.848. The van der Waals surface area contributed by atoms with Gasteiger partial charge < -0.3 is 21.1 Å². The Bertz CT molecular complexity index is 894. The number of rotatable bonds is 5. The van der Waals surface area contributed by atoms with Gasteiger partial charge in [0.15, 0.2) is 0 Å². The zero-order valence-electron chi connectivity index (χ0n) is 16.8. The summed E-state index contributed by atoms with van der Waals surface area (Å²) in [6.45, 7) is 4.12. The lowest BCUT2D eigenvalue weighted by atomic mass is 10.2. The lowest BCUT2D eigenvalue weighted by Gasteiger charge is -2.24. The van der Waals surface area contributed by atoms with Crippen molar-refractivity contribution in [2.45, 2.75) is 12.6 Å². The first kappa shape index (κ1) is 20.4. The number of ether oxygens (including phenoxy) is 1. The zero-order valence-corrected chi connectivity index (χ0v) is 16.8. The molecule has 2 heterocycles. The normalized spacial score (nSPS) is 20.3. The van der Waals surface area contributed by atoms with Crippen molar-refractivity contribution < 1.29 is 13.9 Å². The molecule has 0 unspecified atom stereocenters. The number of nitrogens with one attached hydrogen (secondary N) is 1. The molecule has 1 atom stereocenters. The predicted octanol–water partition coefficient (Wildman–Crippen LogP) is 1.52. The number of anilines is 3. The van der Waals surface area contributed by atoms with Crippen molar-refractivity contribution in [3.05, 3.63) is 53.8 Å². The van der Waals surface area contributed by atoms with E-state index in [1.807, 2.05) is 29.2 Å². The highest BCUT2D eigenvalue weighted by Crippen LogP contribution is 2.28. The van der Waals surface area contributed by atoms with Gasteiger partial charge in [-0.2, -0.15) is 0 Å². The molecule has 4 rings (SSSR count). The number of nitrogens with two attached hydrogens (primary N) is 2. The van der Waals surface area contributed by atoms with Crippen LogP contribution in [0.2, 0.25) is 0 Å². The van der Waals surface area contributed by atoms with Crippen molar-refractivity contribution in [3.8, 4) is 0 Å². The van der Waals surface area contributed by atoms with Crippen molar-refractivity contribution in [1.29, 1.82) is 0 Å². The first-order chi connectivity index (χ1) is 14.5. The first-order valence-corrected chi connectivity index (χ1v) is 10.1. The van der Waals surface area contributed by atoms with Crippen LogP contribution in [0.3, 0.4) is 0 Å². The van der Waals surface area contributed by atoms with Crippen LogP contribution >= 0.6 is 0 Å². The maximum atomic E-state index is 14.9. The summed E-state index contributed by atoms with van der Waals surface area (Å²) in [4.78, 5) is 15.4. The Morgan fingerprint density at radius 3 is 2.63 bits per heavy atom. The van der Waals surface area contributed by atoms with Gasteiger partial charge in [0.1, 0.15) is 11.9 Å². The molecule has 0 aromatic heterocycles. The molecular formula is C21H27FN6O2. The van der Waals surface area contributed by atoms with Crippen molar-refractivity contribution in [2.75, 3.05) is 54.8 Å². The number of carbonyl (C=O) groups is 1. The van der Waals surface area contributed by atoms with Gasteiger partial charge in [0.05, 0.1) is 17.9 Å². The minimum absolute atomic E-state index is 0.246. The van der Waals surface area contributed by atoms with Gasteiger partial charge in [0.2, 0.25) is 0 Å². The van der Waals surface area contributed by atoms with E-state index in [4.69, 9.17) is 16.2 Å². The molecule has 30 heavy (non-hydrogen) atoms. The molecule has 2 fully saturated rings. The van der Waals surface area contributed by atoms with Crippen LogP contribution in [0.1, 0.15) is 5.56 Å². The fourth-order valence-electron chi connectivity index (χ4n) is 3.77. The van der Waals surface area contributed by atoms with E-state index in [-0.39, 0.29) is 18.5 Å². The van der Waals surface area contributed by atoms with Crippen LogP contribution in [-0.4, -0.2) is 56.5 Å². The SMILES string of the molecule is NC[C@H]1CN(c2ccc(N3CCNN(Cc4ccc(N)cc4)CC3)c(F)c2)C(=O)O1. The maximum absolute atomic E-state index is 14.9. The second-order valence-electron chi connectivity index (χ2n) is 7.55. The van der Waals surface area contributed by atoms with Crippen LogP contribution in [0.25, 0.3) is 0 Å². The molecule has 1 amide bonds. The summed E-state index contributed by atoms with van der Waals surface area (Å²) in [5.74, 6) is -0.358. The van der Waals surface area contributed by atoms with Crippen LogP contribution < -0.4 is 26.7 Å². The van der Waals surface area contributed by atoms with E-state index in [1.54, 1.807) is 12.1 Å². The van der Waals surface area contributed by atoms with Crippen molar-refractivity contribution in [1.82, 2.24) is 10.4 Å². The third-order valence-corrected chi connectivity index (χ3v) is 5.43. The number of amides is 1. The molecule has 8 nitrogen and oxygen atoms in total. The third kappa shape index (κ3) is 4.48. The molecule has 9 heteroatoms. The van der Waals surface area contributed by atoms with Gasteiger partial charge in [0, 0.05) is 45.0 Å². The second kappa shape index (κ2) is 8.86. The van der Waals surface area contributed by atoms with Gasteiger partial charge in [-0.15, -0.1) is 0 Å². The Morgan fingerprint density at radius 1 is 1.13 bits per heavy atom. The number of carbonyl (C=O) groups excluding carboxylic acids is 1. The molecule has 2 aromatic carbocycles. The number of halogens is 1. The van der Waals surface area contributed by atoms with E-state index in [0.717, 1.165) is 24.3 Å². The van der Waals surface area contributed by atoms with E-state index in [9.17, 15) is 9.18 Å². The van der Waals surface area contributed by atoms with E-state index in [0.29, 0.717) is 37.6 Å². The zero-order chi connectivity index (χ0) is 21.1. The Kier molecular flexibility index (Phi) is 6.03. The predicted molar refractivity (Wildman–Crippen MR) is 115 cm³/mol. The highest BCUT2D eigenvalue weighted by atomic mass is 19.1. The average molecular weight is 414 g/mol. The Balaban J connectivity index is 1.40. The largest absolute Gasteiger partial charge is 0.443 e. The molecular weight excluding hydrogens is 387 g/mol. The van der Waals surface area contributed by atoms with Crippen LogP contribution in [0.15, 0.2) is 42.5 Å². The van der Waals surface area contributed by atoms with Crippen LogP contribution in [0, 0.1) is 5.82 Å². The molecule has 160 valence electrons. The number of hydrogen-bond acceptors (Lipinski definition) is 7. The second-order valence-corrected chi connectivity index (χ2v) is 7.55. The van der Waals surface area contributed by atoms with Crippen LogP contribution in [-0.2, 0) is 11.3 Å². The smallest absolute Gasteiger partial charge is 0.414 e. The number of hydrogen-bond donors (Lipinski definition) is 3. The quantitative estimate of drug-likeness (QED) is 0.638. The number of hydrazine groups is 1. The topological polar surface area (TPSA) is 100 Å². The van der Waals surface area contributed by atoms with Crippen molar-refractivity contribution in [3.63, 3.8) is 0 Å². The fourth-order valence-corrected chi connectivity index (χ4v) is 3.77. The Morgan fingerprint density at radius 2 is 1.93 bits per heavy atom. The van der Waals surface area contributed by atoms with Crippen molar-refractivity contribution in [2.24, 2.45) is 5.73 Å². The minimum Gasteiger partial charge on any atom is -0.443 e. The van der Waals surface area contributed by atoms with E-state index >= 15 is 0 Å². The molecule has 2 aliphatic rings. The average Bonchev–Trinajstić information content (AvgIpc) is 2.97. The lowest BCUT2D eigenvalue weighted by Crippen LogP contribution is -2.38. The van der Waals surface area contributed by atoms with Gasteiger partial charge in [-0.3, -0.25) is 10.3 Å².